The molecule has 2 N–H and O–H groups in total. The fourth-order valence-electron chi connectivity index (χ4n) is 2.37. The van der Waals surface area contributed by atoms with Crippen LogP contribution in [0.4, 0.5) is 0 Å². The van der Waals surface area contributed by atoms with Crippen molar-refractivity contribution >= 4 is 16.9 Å². The third-order valence-corrected chi connectivity index (χ3v) is 3.47. The van der Waals surface area contributed by atoms with Gasteiger partial charge in [-0.25, -0.2) is 4.99 Å². The molecule has 0 radical (unpaired) electrons. The summed E-state index contributed by atoms with van der Waals surface area (Å²) >= 11 is 0. The minimum absolute atomic E-state index is 0.194. The van der Waals surface area contributed by atoms with Gasteiger partial charge in [-0.1, -0.05) is 18.2 Å². The molecule has 0 saturated carbocycles. The summed E-state index contributed by atoms with van der Waals surface area (Å²) in [5.41, 5.74) is 2.07. The van der Waals surface area contributed by atoms with E-state index in [-0.39, 0.29) is 6.04 Å². The van der Waals surface area contributed by atoms with Gasteiger partial charge in [-0.05, 0) is 26.8 Å². The molecule has 0 aliphatic rings. The minimum Gasteiger partial charge on any atom is -0.459 e. The molecule has 1 aromatic heterocycles. The summed E-state index contributed by atoms with van der Waals surface area (Å²) in [6, 6.07) is 8.26. The Labute approximate surface area is 131 Å². The minimum atomic E-state index is 0.194. The zero-order valence-electron chi connectivity index (χ0n) is 13.8. The van der Waals surface area contributed by atoms with Gasteiger partial charge in [0, 0.05) is 30.6 Å². The molecule has 5 nitrogen and oxygen atoms in total. The number of rotatable bonds is 6. The summed E-state index contributed by atoms with van der Waals surface area (Å²) in [5, 5.41) is 7.70. The maximum absolute atomic E-state index is 5.89. The van der Waals surface area contributed by atoms with Crippen molar-refractivity contribution in [3.63, 3.8) is 0 Å². The van der Waals surface area contributed by atoms with E-state index < -0.39 is 0 Å². The Morgan fingerprint density at radius 2 is 2.14 bits per heavy atom. The Hall–Kier alpha value is -2.01. The number of ether oxygens (including phenoxy) is 1. The number of furan rings is 1. The molecule has 0 saturated heterocycles. The molecule has 22 heavy (non-hydrogen) atoms. The van der Waals surface area contributed by atoms with Gasteiger partial charge < -0.3 is 19.8 Å². The van der Waals surface area contributed by atoms with E-state index in [1.165, 1.54) is 0 Å². The number of guanidine groups is 1. The summed E-state index contributed by atoms with van der Waals surface area (Å²) in [6.07, 6.45) is 0. The first-order chi connectivity index (χ1) is 10.7. The van der Waals surface area contributed by atoms with Crippen LogP contribution in [0.5, 0.6) is 0 Å². The maximum Gasteiger partial charge on any atom is 0.191 e. The van der Waals surface area contributed by atoms with Gasteiger partial charge in [-0.15, -0.1) is 0 Å². The van der Waals surface area contributed by atoms with E-state index in [9.17, 15) is 0 Å². The molecule has 0 amide bonds. The van der Waals surface area contributed by atoms with Crippen molar-refractivity contribution in [2.45, 2.75) is 33.4 Å². The standard InChI is InChI=1S/C17H25N3O2/c1-5-18-17(20-12(2)11-21-4)19-10-16-13(3)14-8-6-7-9-15(14)22-16/h6-9,12H,5,10-11H2,1-4H3,(H2,18,19,20). The van der Waals surface area contributed by atoms with Gasteiger partial charge in [0.1, 0.15) is 17.9 Å². The van der Waals surface area contributed by atoms with Gasteiger partial charge >= 0.3 is 0 Å². The van der Waals surface area contributed by atoms with Crippen LogP contribution in [0.15, 0.2) is 33.7 Å². The van der Waals surface area contributed by atoms with Gasteiger partial charge in [0.2, 0.25) is 0 Å². The smallest absolute Gasteiger partial charge is 0.191 e. The Kier molecular flexibility index (Phi) is 5.83. The average Bonchev–Trinajstić information content (AvgIpc) is 2.82. The molecule has 1 heterocycles. The zero-order valence-corrected chi connectivity index (χ0v) is 13.8. The molecule has 1 atom stereocenters. The van der Waals surface area contributed by atoms with E-state index in [1.807, 2.05) is 25.1 Å². The van der Waals surface area contributed by atoms with Crippen molar-refractivity contribution in [3.05, 3.63) is 35.6 Å². The number of aryl methyl sites for hydroxylation is 1. The lowest BCUT2D eigenvalue weighted by Crippen LogP contribution is -2.43. The molecule has 1 unspecified atom stereocenters. The Bertz CT molecular complexity index is 634. The van der Waals surface area contributed by atoms with Gasteiger partial charge in [0.25, 0.3) is 0 Å². The van der Waals surface area contributed by atoms with Gasteiger partial charge in [0.05, 0.1) is 6.61 Å². The molecule has 120 valence electrons. The largest absolute Gasteiger partial charge is 0.459 e. The number of nitrogens with one attached hydrogen (secondary N) is 2. The lowest BCUT2D eigenvalue weighted by atomic mass is 10.1. The van der Waals surface area contributed by atoms with E-state index in [2.05, 4.69) is 35.5 Å². The SMILES string of the molecule is CCNC(=NCc1oc2ccccc2c1C)NC(C)COC. The van der Waals surface area contributed by atoms with Crippen LogP contribution in [0, 0.1) is 6.92 Å². The summed E-state index contributed by atoms with van der Waals surface area (Å²) in [6.45, 7) is 8.13. The number of hydrogen-bond acceptors (Lipinski definition) is 3. The monoisotopic (exact) mass is 303 g/mol. The van der Waals surface area contributed by atoms with Crippen molar-refractivity contribution in [2.75, 3.05) is 20.3 Å². The van der Waals surface area contributed by atoms with E-state index in [0.717, 1.165) is 34.8 Å². The van der Waals surface area contributed by atoms with Crippen LogP contribution in [-0.2, 0) is 11.3 Å². The highest BCUT2D eigenvalue weighted by Crippen LogP contribution is 2.25. The van der Waals surface area contributed by atoms with Crippen LogP contribution in [-0.4, -0.2) is 32.3 Å². The third-order valence-electron chi connectivity index (χ3n) is 3.47. The topological polar surface area (TPSA) is 58.8 Å². The average molecular weight is 303 g/mol. The molecule has 0 bridgehead atoms. The number of hydrogen-bond donors (Lipinski definition) is 2. The van der Waals surface area contributed by atoms with Crippen molar-refractivity contribution in [2.24, 2.45) is 4.99 Å². The molecule has 0 fully saturated rings. The second kappa shape index (κ2) is 7.84. The van der Waals surface area contributed by atoms with Gasteiger partial charge in [0.15, 0.2) is 5.96 Å². The first-order valence-electron chi connectivity index (χ1n) is 7.66. The predicted octanol–water partition coefficient (Wildman–Crippen LogP) is 2.83. The molecule has 0 aliphatic heterocycles. The van der Waals surface area contributed by atoms with E-state index >= 15 is 0 Å². The van der Waals surface area contributed by atoms with E-state index in [4.69, 9.17) is 9.15 Å². The van der Waals surface area contributed by atoms with E-state index in [0.29, 0.717) is 13.2 Å². The summed E-state index contributed by atoms with van der Waals surface area (Å²) in [4.78, 5) is 4.61. The number of benzene rings is 1. The van der Waals surface area contributed by atoms with Crippen LogP contribution in [0.1, 0.15) is 25.2 Å². The second-order valence-corrected chi connectivity index (χ2v) is 5.34. The predicted molar refractivity (Wildman–Crippen MR) is 90.2 cm³/mol. The first kappa shape index (κ1) is 16.4. The lowest BCUT2D eigenvalue weighted by Gasteiger charge is -2.16. The number of fused-ring (bicyclic) bond motifs is 1. The highest BCUT2D eigenvalue weighted by atomic mass is 16.5. The van der Waals surface area contributed by atoms with Crippen LogP contribution >= 0.6 is 0 Å². The van der Waals surface area contributed by atoms with Crippen molar-refractivity contribution in [3.8, 4) is 0 Å². The molecule has 2 rings (SSSR count). The van der Waals surface area contributed by atoms with Crippen molar-refractivity contribution in [1.82, 2.24) is 10.6 Å². The summed E-state index contributed by atoms with van der Waals surface area (Å²) in [7, 11) is 1.69. The maximum atomic E-state index is 5.89. The van der Waals surface area contributed by atoms with Crippen LogP contribution in [0.3, 0.4) is 0 Å². The molecule has 2 aromatic rings. The lowest BCUT2D eigenvalue weighted by molar-refractivity contribution is 0.179. The molecule has 0 spiro atoms. The quantitative estimate of drug-likeness (QED) is 0.636. The number of aliphatic imine (C=N–C) groups is 1. The fourth-order valence-corrected chi connectivity index (χ4v) is 2.37. The molecule has 0 aliphatic carbocycles. The number of methoxy groups -OCH3 is 1. The Morgan fingerprint density at radius 1 is 1.36 bits per heavy atom. The van der Waals surface area contributed by atoms with E-state index in [1.54, 1.807) is 7.11 Å². The van der Waals surface area contributed by atoms with Crippen LogP contribution in [0.2, 0.25) is 0 Å². The summed E-state index contributed by atoms with van der Waals surface area (Å²) < 4.78 is 11.0. The molecular weight excluding hydrogens is 278 g/mol. The number of nitrogens with zero attached hydrogens (tertiary/aromatic N) is 1. The number of para-hydroxylation sites is 1. The molecule has 5 heteroatoms. The second-order valence-electron chi connectivity index (χ2n) is 5.34. The normalized spacial score (nSPS) is 13.4. The van der Waals surface area contributed by atoms with Crippen molar-refractivity contribution in [1.29, 1.82) is 0 Å². The molecular formula is C17H25N3O2. The van der Waals surface area contributed by atoms with Gasteiger partial charge in [-0.2, -0.15) is 0 Å². The van der Waals surface area contributed by atoms with Crippen molar-refractivity contribution < 1.29 is 9.15 Å². The van der Waals surface area contributed by atoms with Crippen LogP contribution < -0.4 is 10.6 Å². The van der Waals surface area contributed by atoms with Crippen LogP contribution in [0.25, 0.3) is 11.0 Å². The summed E-state index contributed by atoms with van der Waals surface area (Å²) in [5.74, 6) is 1.67. The third kappa shape index (κ3) is 4.01. The fraction of sp³-hybridized carbons (Fsp3) is 0.471. The first-order valence-corrected chi connectivity index (χ1v) is 7.66. The Morgan fingerprint density at radius 3 is 2.82 bits per heavy atom. The highest BCUT2D eigenvalue weighted by molar-refractivity contribution is 5.82. The Balaban J connectivity index is 2.12. The molecule has 1 aromatic carbocycles. The highest BCUT2D eigenvalue weighted by Gasteiger charge is 2.10. The van der Waals surface area contributed by atoms with Gasteiger partial charge in [-0.3, -0.25) is 0 Å². The zero-order chi connectivity index (χ0) is 15.9.